The Hall–Kier alpha value is -2.76. The van der Waals surface area contributed by atoms with Crippen LogP contribution in [0, 0.1) is 0 Å². The first-order valence-corrected chi connectivity index (χ1v) is 11.5. The second kappa shape index (κ2) is 12.2. The first kappa shape index (κ1) is 22.9. The minimum Gasteiger partial charge on any atom is -0.358 e. The summed E-state index contributed by atoms with van der Waals surface area (Å²) in [5, 5.41) is 0. The van der Waals surface area contributed by atoms with Crippen molar-refractivity contribution in [2.24, 2.45) is 9.98 Å². The lowest BCUT2D eigenvalue weighted by Crippen LogP contribution is -2.36. The topological polar surface area (TPSA) is 57.0 Å². The van der Waals surface area contributed by atoms with Crippen molar-refractivity contribution in [1.82, 2.24) is 19.8 Å². The summed E-state index contributed by atoms with van der Waals surface area (Å²) in [5.41, 5.74) is 2.60. The number of pyridine rings is 2. The molecule has 4 rings (SSSR count). The molecule has 0 spiro atoms. The lowest BCUT2D eigenvalue weighted by Gasteiger charge is -2.25. The molecule has 0 amide bonds. The highest BCUT2D eigenvalue weighted by Crippen LogP contribution is 2.14. The van der Waals surface area contributed by atoms with Gasteiger partial charge in [0, 0.05) is 56.4 Å². The van der Waals surface area contributed by atoms with Crippen LogP contribution < -0.4 is 0 Å². The highest BCUT2D eigenvalue weighted by Gasteiger charge is 2.22. The quantitative estimate of drug-likeness (QED) is 0.650. The van der Waals surface area contributed by atoms with Crippen LogP contribution in [0.25, 0.3) is 0 Å². The first-order chi connectivity index (χ1) is 15.2. The van der Waals surface area contributed by atoms with Crippen LogP contribution in [0.3, 0.4) is 0 Å². The predicted octanol–water partition coefficient (Wildman–Crippen LogP) is 3.88. The van der Waals surface area contributed by atoms with E-state index in [0.717, 1.165) is 45.4 Å². The molecule has 0 N–H and O–H groups in total. The van der Waals surface area contributed by atoms with Crippen molar-refractivity contribution in [1.29, 1.82) is 0 Å². The third-order valence-electron chi connectivity index (χ3n) is 5.79. The monoisotopic (exact) mass is 420 g/mol. The van der Waals surface area contributed by atoms with Gasteiger partial charge in [-0.2, -0.15) is 0 Å². The van der Waals surface area contributed by atoms with Crippen molar-refractivity contribution >= 4 is 12.2 Å². The van der Waals surface area contributed by atoms with E-state index in [1.54, 1.807) is 0 Å². The number of hydrogen-bond acceptors (Lipinski definition) is 6. The number of aromatic nitrogens is 2. The lowest BCUT2D eigenvalue weighted by atomic mass is 10.1. The van der Waals surface area contributed by atoms with Gasteiger partial charge in [-0.1, -0.05) is 19.1 Å². The molecular formula is C25H36N6. The van der Waals surface area contributed by atoms with Crippen molar-refractivity contribution in [3.05, 3.63) is 60.2 Å². The Morgan fingerprint density at radius 3 is 2.10 bits per heavy atom. The van der Waals surface area contributed by atoms with Crippen molar-refractivity contribution in [3.8, 4) is 0 Å². The predicted molar refractivity (Wildman–Crippen MR) is 129 cm³/mol. The van der Waals surface area contributed by atoms with Crippen molar-refractivity contribution < 1.29 is 0 Å². The van der Waals surface area contributed by atoms with E-state index in [9.17, 15) is 0 Å². The highest BCUT2D eigenvalue weighted by atomic mass is 15.3. The molecule has 0 radical (unpaired) electrons. The van der Waals surface area contributed by atoms with Gasteiger partial charge >= 0.3 is 0 Å². The number of amidine groups is 1. The van der Waals surface area contributed by atoms with E-state index in [2.05, 4.69) is 62.7 Å². The molecule has 2 aromatic heterocycles. The van der Waals surface area contributed by atoms with Gasteiger partial charge in [0.05, 0.1) is 25.3 Å². The normalized spacial score (nSPS) is 19.9. The summed E-state index contributed by atoms with van der Waals surface area (Å²) in [5.74, 6) is 1.30. The zero-order valence-corrected chi connectivity index (χ0v) is 19.2. The van der Waals surface area contributed by atoms with Gasteiger partial charge in [0.25, 0.3) is 0 Å². The highest BCUT2D eigenvalue weighted by molar-refractivity contribution is 5.84. The van der Waals surface area contributed by atoms with E-state index in [1.165, 1.54) is 23.4 Å². The number of rotatable bonds is 8. The third-order valence-corrected chi connectivity index (χ3v) is 5.79. The molecule has 0 saturated carbocycles. The molecule has 2 atom stereocenters. The van der Waals surface area contributed by atoms with Crippen LogP contribution in [0.2, 0.25) is 0 Å². The Morgan fingerprint density at radius 1 is 0.871 bits per heavy atom. The SMILES string of the molecule is CCCC1=NC[C@H](C)N1CCc1cccnc1.C[C@H]1CN=CN1CCc1cccnc1. The summed E-state index contributed by atoms with van der Waals surface area (Å²) in [6, 6.07) is 9.37. The van der Waals surface area contributed by atoms with E-state index in [4.69, 9.17) is 0 Å². The average Bonchev–Trinajstić information content (AvgIpc) is 3.38. The maximum absolute atomic E-state index is 4.63. The van der Waals surface area contributed by atoms with Gasteiger partial charge in [-0.3, -0.25) is 20.0 Å². The largest absolute Gasteiger partial charge is 0.358 e. The Morgan fingerprint density at radius 2 is 1.55 bits per heavy atom. The van der Waals surface area contributed by atoms with Gasteiger partial charge in [-0.25, -0.2) is 0 Å². The molecule has 31 heavy (non-hydrogen) atoms. The molecule has 0 fully saturated rings. The molecule has 0 unspecified atom stereocenters. The number of nitrogens with zero attached hydrogens (tertiary/aromatic N) is 6. The van der Waals surface area contributed by atoms with Gasteiger partial charge in [0.2, 0.25) is 0 Å². The maximum Gasteiger partial charge on any atom is 0.0992 e. The standard InChI is InChI=1S/C14H21N3.C11H15N3/c1-3-5-14-16-10-12(2)17(14)9-7-13-6-4-8-15-11-13;1-10-7-13-9-14(10)6-4-11-3-2-5-12-8-11/h4,6,8,11-12H,3,5,7,9-10H2,1-2H3;2-3,5,8-10H,4,6-7H2,1H3/t12-;10-/m00/s1. The molecule has 6 heteroatoms. The minimum atomic E-state index is 0.562. The maximum atomic E-state index is 4.63. The van der Waals surface area contributed by atoms with Gasteiger partial charge in [-0.05, 0) is 56.4 Å². The van der Waals surface area contributed by atoms with Crippen LogP contribution >= 0.6 is 0 Å². The van der Waals surface area contributed by atoms with Gasteiger partial charge in [-0.15, -0.1) is 0 Å². The second-order valence-electron chi connectivity index (χ2n) is 8.34. The summed E-state index contributed by atoms with van der Waals surface area (Å²) in [6.45, 7) is 10.7. The van der Waals surface area contributed by atoms with E-state index < -0.39 is 0 Å². The first-order valence-electron chi connectivity index (χ1n) is 11.5. The Kier molecular flexibility index (Phi) is 9.00. The van der Waals surface area contributed by atoms with Crippen LogP contribution in [0.4, 0.5) is 0 Å². The van der Waals surface area contributed by atoms with Crippen LogP contribution in [-0.4, -0.2) is 70.2 Å². The van der Waals surface area contributed by atoms with E-state index >= 15 is 0 Å². The molecular weight excluding hydrogens is 384 g/mol. The van der Waals surface area contributed by atoms with Gasteiger partial charge in [0.1, 0.15) is 0 Å². The van der Waals surface area contributed by atoms with Crippen LogP contribution in [0.5, 0.6) is 0 Å². The number of aliphatic imine (C=N–C) groups is 2. The summed E-state index contributed by atoms with van der Waals surface area (Å²) in [7, 11) is 0. The molecule has 4 heterocycles. The average molecular weight is 421 g/mol. The molecule has 2 aliphatic rings. The second-order valence-corrected chi connectivity index (χ2v) is 8.34. The fraction of sp³-hybridized carbons (Fsp3) is 0.520. The van der Waals surface area contributed by atoms with Crippen molar-refractivity contribution in [3.63, 3.8) is 0 Å². The zero-order valence-electron chi connectivity index (χ0n) is 19.2. The van der Waals surface area contributed by atoms with Crippen LogP contribution in [0.1, 0.15) is 44.7 Å². The molecule has 2 aromatic rings. The van der Waals surface area contributed by atoms with E-state index in [1.807, 2.05) is 43.3 Å². The van der Waals surface area contributed by atoms with Gasteiger partial charge < -0.3 is 9.80 Å². The zero-order chi connectivity index (χ0) is 21.9. The summed E-state index contributed by atoms with van der Waals surface area (Å²) >= 11 is 0. The minimum absolute atomic E-state index is 0.562. The lowest BCUT2D eigenvalue weighted by molar-refractivity contribution is 0.361. The summed E-state index contributed by atoms with van der Waals surface area (Å²) in [6.07, 6.45) is 13.9. The van der Waals surface area contributed by atoms with Crippen LogP contribution in [-0.2, 0) is 12.8 Å². The van der Waals surface area contributed by atoms with Crippen molar-refractivity contribution in [2.45, 2.75) is 58.5 Å². The molecule has 0 bridgehead atoms. The van der Waals surface area contributed by atoms with Crippen molar-refractivity contribution in [2.75, 3.05) is 26.2 Å². The van der Waals surface area contributed by atoms with E-state index in [0.29, 0.717) is 12.1 Å². The fourth-order valence-electron chi connectivity index (χ4n) is 3.88. The molecule has 2 aliphatic heterocycles. The van der Waals surface area contributed by atoms with Gasteiger partial charge in [0.15, 0.2) is 0 Å². The molecule has 0 aliphatic carbocycles. The molecule has 6 nitrogen and oxygen atoms in total. The Balaban J connectivity index is 0.000000179. The third kappa shape index (κ3) is 7.16. The Bertz CT molecular complexity index is 820. The molecule has 166 valence electrons. The van der Waals surface area contributed by atoms with Crippen LogP contribution in [0.15, 0.2) is 59.0 Å². The fourth-order valence-corrected chi connectivity index (χ4v) is 3.88. The Labute approximate surface area is 187 Å². The number of hydrogen-bond donors (Lipinski definition) is 0. The molecule has 0 aromatic carbocycles. The smallest absolute Gasteiger partial charge is 0.0992 e. The summed E-state index contributed by atoms with van der Waals surface area (Å²) in [4.78, 5) is 21.9. The summed E-state index contributed by atoms with van der Waals surface area (Å²) < 4.78 is 0. The van der Waals surface area contributed by atoms with E-state index in [-0.39, 0.29) is 0 Å². The molecule has 0 saturated heterocycles.